The summed E-state index contributed by atoms with van der Waals surface area (Å²) in [5, 5.41) is 3.99. The van der Waals surface area contributed by atoms with E-state index >= 15 is 0 Å². The van der Waals surface area contributed by atoms with Gasteiger partial charge in [0, 0.05) is 44.3 Å². The molecule has 9 heteroatoms. The van der Waals surface area contributed by atoms with Crippen LogP contribution in [0.15, 0.2) is 18.2 Å². The SMILES string of the molecule is Cl.O=C(c1ccc(Cl)cc1Cl)N1CCN(C(=O)C2CNCCO2)CC1. The molecular formula is C16H20Cl3N3O3. The number of benzene rings is 1. The topological polar surface area (TPSA) is 61.9 Å². The molecule has 1 aromatic rings. The molecule has 0 bridgehead atoms. The van der Waals surface area contributed by atoms with Crippen molar-refractivity contribution in [1.82, 2.24) is 15.1 Å². The molecule has 2 fully saturated rings. The Morgan fingerprint density at radius 1 is 1.12 bits per heavy atom. The third kappa shape index (κ3) is 4.77. The van der Waals surface area contributed by atoms with Gasteiger partial charge < -0.3 is 19.9 Å². The average Bonchev–Trinajstić information content (AvgIpc) is 2.61. The molecule has 25 heavy (non-hydrogen) atoms. The summed E-state index contributed by atoms with van der Waals surface area (Å²) in [6, 6.07) is 4.84. The Kier molecular flexibility index (Phi) is 7.34. The van der Waals surface area contributed by atoms with E-state index in [4.69, 9.17) is 27.9 Å². The van der Waals surface area contributed by atoms with Crippen LogP contribution in [0.3, 0.4) is 0 Å². The van der Waals surface area contributed by atoms with Crippen LogP contribution in [0.4, 0.5) is 0 Å². The Balaban J connectivity index is 0.00000225. The molecule has 1 N–H and O–H groups in total. The molecule has 3 rings (SSSR count). The van der Waals surface area contributed by atoms with Crippen LogP contribution >= 0.6 is 35.6 Å². The van der Waals surface area contributed by atoms with Crippen molar-refractivity contribution in [3.8, 4) is 0 Å². The van der Waals surface area contributed by atoms with E-state index in [0.717, 1.165) is 6.54 Å². The highest BCUT2D eigenvalue weighted by Crippen LogP contribution is 2.23. The minimum atomic E-state index is -0.424. The summed E-state index contributed by atoms with van der Waals surface area (Å²) in [6.07, 6.45) is -0.424. The number of hydrogen-bond acceptors (Lipinski definition) is 4. The zero-order valence-corrected chi connectivity index (χ0v) is 15.9. The normalized spacial score (nSPS) is 20.8. The number of carbonyl (C=O) groups excluding carboxylic acids is 2. The van der Waals surface area contributed by atoms with Gasteiger partial charge in [-0.05, 0) is 18.2 Å². The number of piperazine rings is 1. The summed E-state index contributed by atoms with van der Waals surface area (Å²) in [5.41, 5.74) is 0.431. The number of morpholine rings is 1. The van der Waals surface area contributed by atoms with E-state index in [-0.39, 0.29) is 24.2 Å². The first kappa shape index (κ1) is 20.3. The molecule has 2 aliphatic heterocycles. The van der Waals surface area contributed by atoms with Crippen molar-refractivity contribution in [3.63, 3.8) is 0 Å². The Morgan fingerprint density at radius 2 is 1.80 bits per heavy atom. The highest BCUT2D eigenvalue weighted by molar-refractivity contribution is 6.36. The third-order valence-electron chi connectivity index (χ3n) is 4.24. The molecule has 0 radical (unpaired) electrons. The second kappa shape index (κ2) is 9.05. The quantitative estimate of drug-likeness (QED) is 0.809. The predicted molar refractivity (Wildman–Crippen MR) is 98.8 cm³/mol. The van der Waals surface area contributed by atoms with Crippen LogP contribution in [0, 0.1) is 0 Å². The van der Waals surface area contributed by atoms with Crippen LogP contribution in [-0.2, 0) is 9.53 Å². The van der Waals surface area contributed by atoms with E-state index in [9.17, 15) is 9.59 Å². The number of amides is 2. The smallest absolute Gasteiger partial charge is 0.255 e. The molecule has 0 spiro atoms. The van der Waals surface area contributed by atoms with Crippen molar-refractivity contribution < 1.29 is 14.3 Å². The number of halogens is 3. The van der Waals surface area contributed by atoms with Gasteiger partial charge in [0.05, 0.1) is 17.2 Å². The van der Waals surface area contributed by atoms with Crippen LogP contribution < -0.4 is 5.32 Å². The minimum Gasteiger partial charge on any atom is -0.366 e. The van der Waals surface area contributed by atoms with Crippen molar-refractivity contribution in [3.05, 3.63) is 33.8 Å². The van der Waals surface area contributed by atoms with Gasteiger partial charge >= 0.3 is 0 Å². The molecule has 1 unspecified atom stereocenters. The number of carbonyl (C=O) groups is 2. The molecule has 2 saturated heterocycles. The summed E-state index contributed by atoms with van der Waals surface area (Å²) >= 11 is 12.0. The minimum absolute atomic E-state index is 0. The fourth-order valence-electron chi connectivity index (χ4n) is 2.89. The Morgan fingerprint density at radius 3 is 2.40 bits per heavy atom. The summed E-state index contributed by atoms with van der Waals surface area (Å²) < 4.78 is 5.50. The number of ether oxygens (including phenoxy) is 1. The lowest BCUT2D eigenvalue weighted by atomic mass is 10.1. The molecule has 1 aromatic carbocycles. The maximum absolute atomic E-state index is 12.6. The third-order valence-corrected chi connectivity index (χ3v) is 4.79. The Bertz CT molecular complexity index is 630. The van der Waals surface area contributed by atoms with Crippen molar-refractivity contribution in [2.45, 2.75) is 6.10 Å². The van der Waals surface area contributed by atoms with Gasteiger partial charge in [-0.25, -0.2) is 0 Å². The van der Waals surface area contributed by atoms with Crippen LogP contribution in [0.1, 0.15) is 10.4 Å². The first-order valence-electron chi connectivity index (χ1n) is 7.91. The molecule has 138 valence electrons. The fraction of sp³-hybridized carbons (Fsp3) is 0.500. The molecular weight excluding hydrogens is 389 g/mol. The van der Waals surface area contributed by atoms with Crippen molar-refractivity contribution in [2.75, 3.05) is 45.9 Å². The van der Waals surface area contributed by atoms with E-state index in [2.05, 4.69) is 5.32 Å². The number of nitrogens with zero attached hydrogens (tertiary/aromatic N) is 2. The van der Waals surface area contributed by atoms with Crippen LogP contribution in [-0.4, -0.2) is 73.6 Å². The van der Waals surface area contributed by atoms with Crippen molar-refractivity contribution in [2.24, 2.45) is 0 Å². The first-order valence-corrected chi connectivity index (χ1v) is 8.67. The predicted octanol–water partition coefficient (Wildman–Crippen LogP) is 1.69. The highest BCUT2D eigenvalue weighted by Gasteiger charge is 2.31. The monoisotopic (exact) mass is 407 g/mol. The number of hydrogen-bond donors (Lipinski definition) is 1. The Labute approximate surface area is 162 Å². The summed E-state index contributed by atoms with van der Waals surface area (Å²) in [7, 11) is 0. The van der Waals surface area contributed by atoms with Crippen molar-refractivity contribution in [1.29, 1.82) is 0 Å². The molecule has 0 saturated carbocycles. The second-order valence-electron chi connectivity index (χ2n) is 5.81. The molecule has 0 aromatic heterocycles. The Hall–Kier alpha value is -1.05. The van der Waals surface area contributed by atoms with Gasteiger partial charge in [-0.15, -0.1) is 12.4 Å². The lowest BCUT2D eigenvalue weighted by Crippen LogP contribution is -2.56. The second-order valence-corrected chi connectivity index (χ2v) is 6.65. The van der Waals surface area contributed by atoms with Crippen LogP contribution in [0.2, 0.25) is 10.0 Å². The van der Waals surface area contributed by atoms with Gasteiger partial charge in [0.2, 0.25) is 0 Å². The fourth-order valence-corrected chi connectivity index (χ4v) is 3.38. The van der Waals surface area contributed by atoms with E-state index in [0.29, 0.717) is 54.9 Å². The van der Waals surface area contributed by atoms with Gasteiger partial charge in [0.15, 0.2) is 0 Å². The van der Waals surface area contributed by atoms with Crippen LogP contribution in [0.25, 0.3) is 0 Å². The lowest BCUT2D eigenvalue weighted by Gasteiger charge is -2.37. The van der Waals surface area contributed by atoms with Gasteiger partial charge in [-0.1, -0.05) is 23.2 Å². The zero-order chi connectivity index (χ0) is 17.1. The summed E-state index contributed by atoms with van der Waals surface area (Å²) in [5.74, 6) is -0.154. The molecule has 1 atom stereocenters. The molecule has 2 amide bonds. The molecule has 2 aliphatic rings. The summed E-state index contributed by atoms with van der Waals surface area (Å²) in [4.78, 5) is 28.4. The maximum Gasteiger partial charge on any atom is 0.255 e. The highest BCUT2D eigenvalue weighted by atomic mass is 35.5. The van der Waals surface area contributed by atoms with Crippen LogP contribution in [0.5, 0.6) is 0 Å². The van der Waals surface area contributed by atoms with Gasteiger partial charge in [-0.3, -0.25) is 9.59 Å². The summed E-state index contributed by atoms with van der Waals surface area (Å²) in [6.45, 7) is 3.80. The van der Waals surface area contributed by atoms with Gasteiger partial charge in [0.25, 0.3) is 11.8 Å². The standard InChI is InChI=1S/C16H19Cl2N3O3.ClH/c17-11-1-2-12(13(18)9-11)15(22)20-4-6-21(7-5-20)16(23)14-10-19-3-8-24-14;/h1-2,9,14,19H,3-8,10H2;1H. The van der Waals surface area contributed by atoms with Gasteiger partial charge in [0.1, 0.15) is 6.10 Å². The number of rotatable bonds is 2. The van der Waals surface area contributed by atoms with Gasteiger partial charge in [-0.2, -0.15) is 0 Å². The van der Waals surface area contributed by atoms with E-state index in [1.54, 1.807) is 28.0 Å². The van der Waals surface area contributed by atoms with E-state index in [1.807, 2.05) is 0 Å². The van der Waals surface area contributed by atoms with E-state index < -0.39 is 6.10 Å². The number of nitrogens with one attached hydrogen (secondary N) is 1. The van der Waals surface area contributed by atoms with E-state index in [1.165, 1.54) is 0 Å². The van der Waals surface area contributed by atoms with Crippen molar-refractivity contribution >= 4 is 47.4 Å². The zero-order valence-electron chi connectivity index (χ0n) is 13.5. The largest absolute Gasteiger partial charge is 0.366 e. The molecule has 0 aliphatic carbocycles. The lowest BCUT2D eigenvalue weighted by molar-refractivity contribution is -0.146. The average molecular weight is 409 g/mol. The molecule has 6 nitrogen and oxygen atoms in total. The molecule has 2 heterocycles. The maximum atomic E-state index is 12.6. The first-order chi connectivity index (χ1) is 11.6.